The van der Waals surface area contributed by atoms with E-state index >= 15 is 0 Å². The molecule has 0 heterocycles. The predicted octanol–water partition coefficient (Wildman–Crippen LogP) is 4.22. The lowest BCUT2D eigenvalue weighted by molar-refractivity contribution is -0.117. The van der Waals surface area contributed by atoms with E-state index in [1.165, 1.54) is 6.92 Å². The SMILES string of the molecule is CC(=O)c1cccc(NC(=O)C(C)NC(C)c2cccc(Cl)c2)c1. The summed E-state index contributed by atoms with van der Waals surface area (Å²) in [6, 6.07) is 14.0. The van der Waals surface area contributed by atoms with Crippen molar-refractivity contribution < 1.29 is 9.59 Å². The lowest BCUT2D eigenvalue weighted by Gasteiger charge is -2.20. The van der Waals surface area contributed by atoms with Crippen LogP contribution in [-0.4, -0.2) is 17.7 Å². The van der Waals surface area contributed by atoms with Crippen LogP contribution in [0.25, 0.3) is 0 Å². The fourth-order valence-electron chi connectivity index (χ4n) is 2.39. The molecule has 5 heteroatoms. The number of carbonyl (C=O) groups is 2. The number of anilines is 1. The van der Waals surface area contributed by atoms with Crippen LogP contribution in [0, 0.1) is 0 Å². The van der Waals surface area contributed by atoms with Crippen LogP contribution >= 0.6 is 11.6 Å². The Bertz CT molecular complexity index is 746. The van der Waals surface area contributed by atoms with E-state index in [1.54, 1.807) is 31.2 Å². The second kappa shape index (κ2) is 8.08. The number of ketones is 1. The van der Waals surface area contributed by atoms with Gasteiger partial charge in [-0.25, -0.2) is 0 Å². The molecule has 0 spiro atoms. The monoisotopic (exact) mass is 344 g/mol. The minimum atomic E-state index is -0.403. The number of halogens is 1. The van der Waals surface area contributed by atoms with E-state index in [2.05, 4.69) is 10.6 Å². The Hall–Kier alpha value is -2.17. The molecule has 0 radical (unpaired) electrons. The van der Waals surface area contributed by atoms with Crippen LogP contribution in [0.15, 0.2) is 48.5 Å². The molecule has 2 aromatic rings. The number of hydrogen-bond donors (Lipinski definition) is 2. The molecule has 0 aliphatic heterocycles. The van der Waals surface area contributed by atoms with Crippen LogP contribution in [0.4, 0.5) is 5.69 Å². The zero-order chi connectivity index (χ0) is 17.7. The highest BCUT2D eigenvalue weighted by molar-refractivity contribution is 6.30. The summed E-state index contributed by atoms with van der Waals surface area (Å²) in [5.41, 5.74) is 2.19. The molecule has 2 atom stereocenters. The summed E-state index contributed by atoms with van der Waals surface area (Å²) >= 11 is 6.00. The summed E-state index contributed by atoms with van der Waals surface area (Å²) in [5.74, 6) is -0.198. The number of hydrogen-bond acceptors (Lipinski definition) is 3. The van der Waals surface area contributed by atoms with Crippen molar-refractivity contribution >= 4 is 29.0 Å². The molecular formula is C19H21ClN2O2. The van der Waals surface area contributed by atoms with Gasteiger partial charge in [0.15, 0.2) is 5.78 Å². The lowest BCUT2D eigenvalue weighted by atomic mass is 10.1. The van der Waals surface area contributed by atoms with Gasteiger partial charge in [0.05, 0.1) is 6.04 Å². The second-order valence-corrected chi connectivity index (χ2v) is 6.23. The molecule has 0 fully saturated rings. The van der Waals surface area contributed by atoms with Gasteiger partial charge in [-0.05, 0) is 50.6 Å². The average Bonchev–Trinajstić information content (AvgIpc) is 2.54. The standard InChI is InChI=1S/C19H21ClN2O2/c1-12(15-6-4-8-17(20)10-15)21-13(2)19(24)22-18-9-5-7-16(11-18)14(3)23/h4-13,21H,1-3H3,(H,22,24). The van der Waals surface area contributed by atoms with E-state index in [0.29, 0.717) is 16.3 Å². The van der Waals surface area contributed by atoms with Crippen molar-refractivity contribution in [2.75, 3.05) is 5.32 Å². The summed E-state index contributed by atoms with van der Waals surface area (Å²) in [7, 11) is 0. The molecule has 1 amide bonds. The van der Waals surface area contributed by atoms with Crippen LogP contribution in [0.2, 0.25) is 5.02 Å². The van der Waals surface area contributed by atoms with Gasteiger partial charge in [0.2, 0.25) is 5.91 Å². The largest absolute Gasteiger partial charge is 0.325 e. The minimum Gasteiger partial charge on any atom is -0.325 e. The summed E-state index contributed by atoms with van der Waals surface area (Å²) in [5, 5.41) is 6.73. The first-order valence-electron chi connectivity index (χ1n) is 7.80. The number of nitrogens with one attached hydrogen (secondary N) is 2. The molecule has 0 saturated heterocycles. The smallest absolute Gasteiger partial charge is 0.241 e. The van der Waals surface area contributed by atoms with E-state index in [0.717, 1.165) is 5.56 Å². The Kier molecular flexibility index (Phi) is 6.12. The van der Waals surface area contributed by atoms with Crippen LogP contribution < -0.4 is 10.6 Å². The van der Waals surface area contributed by atoms with Gasteiger partial charge in [-0.3, -0.25) is 14.9 Å². The lowest BCUT2D eigenvalue weighted by Crippen LogP contribution is -2.39. The number of amides is 1. The summed E-state index contributed by atoms with van der Waals surface area (Å²) in [4.78, 5) is 23.8. The van der Waals surface area contributed by atoms with Gasteiger partial charge in [-0.15, -0.1) is 0 Å². The van der Waals surface area contributed by atoms with Gasteiger partial charge < -0.3 is 5.32 Å². The highest BCUT2D eigenvalue weighted by atomic mass is 35.5. The molecule has 2 N–H and O–H groups in total. The predicted molar refractivity (Wildman–Crippen MR) is 97.5 cm³/mol. The third-order valence-corrected chi connectivity index (χ3v) is 4.01. The third kappa shape index (κ3) is 4.91. The molecule has 0 aromatic heterocycles. The number of Topliss-reactive ketones (excluding diaryl/α,β-unsaturated/α-hetero) is 1. The van der Waals surface area contributed by atoms with Crippen molar-refractivity contribution in [1.82, 2.24) is 5.32 Å². The summed E-state index contributed by atoms with van der Waals surface area (Å²) < 4.78 is 0. The number of rotatable bonds is 6. The maximum Gasteiger partial charge on any atom is 0.241 e. The number of carbonyl (C=O) groups excluding carboxylic acids is 2. The van der Waals surface area contributed by atoms with Crippen molar-refractivity contribution in [1.29, 1.82) is 0 Å². The Morgan fingerprint density at radius 2 is 1.75 bits per heavy atom. The molecule has 0 aliphatic carbocycles. The van der Waals surface area contributed by atoms with Gasteiger partial charge >= 0.3 is 0 Å². The average molecular weight is 345 g/mol. The quantitative estimate of drug-likeness (QED) is 0.771. The molecule has 4 nitrogen and oxygen atoms in total. The normalized spacial score (nSPS) is 13.2. The van der Waals surface area contributed by atoms with Crippen molar-refractivity contribution in [2.24, 2.45) is 0 Å². The molecular weight excluding hydrogens is 324 g/mol. The summed E-state index contributed by atoms with van der Waals surface area (Å²) in [6.45, 7) is 5.27. The molecule has 126 valence electrons. The zero-order valence-electron chi connectivity index (χ0n) is 14.0. The topological polar surface area (TPSA) is 58.2 Å². The van der Waals surface area contributed by atoms with Crippen molar-refractivity contribution in [3.63, 3.8) is 0 Å². The van der Waals surface area contributed by atoms with Crippen molar-refractivity contribution in [3.05, 3.63) is 64.7 Å². The van der Waals surface area contributed by atoms with E-state index in [-0.39, 0.29) is 17.7 Å². The zero-order valence-corrected chi connectivity index (χ0v) is 14.7. The Morgan fingerprint density at radius 3 is 2.42 bits per heavy atom. The first kappa shape index (κ1) is 18.2. The van der Waals surface area contributed by atoms with Crippen molar-refractivity contribution in [3.8, 4) is 0 Å². The molecule has 0 saturated carbocycles. The van der Waals surface area contributed by atoms with Gasteiger partial charge in [0.25, 0.3) is 0 Å². The first-order chi connectivity index (χ1) is 11.4. The van der Waals surface area contributed by atoms with Crippen LogP contribution in [-0.2, 0) is 4.79 Å². The molecule has 2 unspecified atom stereocenters. The molecule has 2 aromatic carbocycles. The Labute approximate surface area is 147 Å². The fourth-order valence-corrected chi connectivity index (χ4v) is 2.59. The van der Waals surface area contributed by atoms with Crippen LogP contribution in [0.1, 0.15) is 42.7 Å². The van der Waals surface area contributed by atoms with Crippen LogP contribution in [0.5, 0.6) is 0 Å². The van der Waals surface area contributed by atoms with E-state index < -0.39 is 6.04 Å². The molecule has 0 bridgehead atoms. The van der Waals surface area contributed by atoms with E-state index in [1.807, 2.05) is 31.2 Å². The fraction of sp³-hybridized carbons (Fsp3) is 0.263. The third-order valence-electron chi connectivity index (χ3n) is 3.78. The molecule has 24 heavy (non-hydrogen) atoms. The number of benzene rings is 2. The highest BCUT2D eigenvalue weighted by Crippen LogP contribution is 2.18. The summed E-state index contributed by atoms with van der Waals surface area (Å²) in [6.07, 6.45) is 0. The maximum atomic E-state index is 12.3. The minimum absolute atomic E-state index is 0.0204. The molecule has 2 rings (SSSR count). The van der Waals surface area contributed by atoms with Gasteiger partial charge in [0.1, 0.15) is 0 Å². The second-order valence-electron chi connectivity index (χ2n) is 5.79. The molecule has 0 aliphatic rings. The van der Waals surface area contributed by atoms with Gasteiger partial charge in [-0.1, -0.05) is 35.9 Å². The van der Waals surface area contributed by atoms with Crippen molar-refractivity contribution in [2.45, 2.75) is 32.9 Å². The van der Waals surface area contributed by atoms with Gasteiger partial charge in [-0.2, -0.15) is 0 Å². The Balaban J connectivity index is 1.99. The van der Waals surface area contributed by atoms with Gasteiger partial charge in [0, 0.05) is 22.3 Å². The van der Waals surface area contributed by atoms with Crippen LogP contribution in [0.3, 0.4) is 0 Å². The first-order valence-corrected chi connectivity index (χ1v) is 8.18. The van der Waals surface area contributed by atoms with E-state index in [4.69, 9.17) is 11.6 Å². The Morgan fingerprint density at radius 1 is 1.04 bits per heavy atom. The van der Waals surface area contributed by atoms with E-state index in [9.17, 15) is 9.59 Å². The maximum absolute atomic E-state index is 12.3. The highest BCUT2D eigenvalue weighted by Gasteiger charge is 2.17.